The standard InChI is InChI=1S/C16H23N3/c1-11-18-15-10-13(6-9-16(15)19(11)3)12-4-7-14(17-2)8-5-12/h6,9-10,12,14,17H,4-5,7-8H2,1-3H3. The summed E-state index contributed by atoms with van der Waals surface area (Å²) in [5.74, 6) is 1.81. The molecular formula is C16H23N3. The number of imidazole rings is 1. The fraction of sp³-hybridized carbons (Fsp3) is 0.562. The molecule has 0 bridgehead atoms. The van der Waals surface area contributed by atoms with Gasteiger partial charge in [0.05, 0.1) is 11.0 Å². The van der Waals surface area contributed by atoms with Crippen molar-refractivity contribution in [2.24, 2.45) is 7.05 Å². The largest absolute Gasteiger partial charge is 0.331 e. The van der Waals surface area contributed by atoms with Crippen molar-refractivity contribution < 1.29 is 0 Å². The van der Waals surface area contributed by atoms with E-state index in [2.05, 4.69) is 54.1 Å². The normalized spacial score (nSPS) is 23.9. The van der Waals surface area contributed by atoms with Crippen LogP contribution in [0.2, 0.25) is 0 Å². The maximum absolute atomic E-state index is 4.65. The molecule has 1 N–H and O–H groups in total. The number of nitrogens with one attached hydrogen (secondary N) is 1. The predicted molar refractivity (Wildman–Crippen MR) is 79.5 cm³/mol. The third kappa shape index (κ3) is 2.27. The fourth-order valence-corrected chi connectivity index (χ4v) is 3.31. The smallest absolute Gasteiger partial charge is 0.106 e. The molecule has 3 heteroatoms. The SMILES string of the molecule is CNC1CCC(c2ccc3c(c2)nc(C)n3C)CC1. The molecular weight excluding hydrogens is 234 g/mol. The van der Waals surface area contributed by atoms with Crippen LogP contribution in [-0.4, -0.2) is 22.6 Å². The van der Waals surface area contributed by atoms with Crippen LogP contribution in [0.15, 0.2) is 18.2 Å². The van der Waals surface area contributed by atoms with Crippen LogP contribution in [0.3, 0.4) is 0 Å². The highest BCUT2D eigenvalue weighted by Crippen LogP contribution is 2.34. The average Bonchev–Trinajstić information content (AvgIpc) is 2.74. The van der Waals surface area contributed by atoms with E-state index < -0.39 is 0 Å². The first kappa shape index (κ1) is 12.7. The molecule has 102 valence electrons. The van der Waals surface area contributed by atoms with Crippen LogP contribution in [0.4, 0.5) is 0 Å². The highest BCUT2D eigenvalue weighted by molar-refractivity contribution is 5.77. The van der Waals surface area contributed by atoms with Gasteiger partial charge in [0.2, 0.25) is 0 Å². The van der Waals surface area contributed by atoms with E-state index >= 15 is 0 Å². The number of benzene rings is 1. The van der Waals surface area contributed by atoms with E-state index in [9.17, 15) is 0 Å². The van der Waals surface area contributed by atoms with Gasteiger partial charge in [0.15, 0.2) is 0 Å². The van der Waals surface area contributed by atoms with Crippen molar-refractivity contribution in [2.75, 3.05) is 7.05 Å². The Morgan fingerprint density at radius 1 is 1.21 bits per heavy atom. The number of nitrogens with zero attached hydrogens (tertiary/aromatic N) is 2. The van der Waals surface area contributed by atoms with Gasteiger partial charge in [-0.25, -0.2) is 4.98 Å². The minimum atomic E-state index is 0.719. The van der Waals surface area contributed by atoms with Gasteiger partial charge in [0.25, 0.3) is 0 Å². The minimum Gasteiger partial charge on any atom is -0.331 e. The molecule has 0 aliphatic heterocycles. The summed E-state index contributed by atoms with van der Waals surface area (Å²) in [5, 5.41) is 3.40. The number of aryl methyl sites for hydroxylation is 2. The van der Waals surface area contributed by atoms with E-state index in [0.717, 1.165) is 23.3 Å². The van der Waals surface area contributed by atoms with Crippen molar-refractivity contribution in [2.45, 2.75) is 44.6 Å². The van der Waals surface area contributed by atoms with Crippen LogP contribution in [0.5, 0.6) is 0 Å². The van der Waals surface area contributed by atoms with Crippen molar-refractivity contribution in [1.82, 2.24) is 14.9 Å². The second kappa shape index (κ2) is 4.97. The van der Waals surface area contributed by atoms with Gasteiger partial charge in [-0.1, -0.05) is 6.07 Å². The summed E-state index contributed by atoms with van der Waals surface area (Å²) >= 11 is 0. The van der Waals surface area contributed by atoms with Crippen molar-refractivity contribution in [3.8, 4) is 0 Å². The Labute approximate surface area is 115 Å². The van der Waals surface area contributed by atoms with E-state index in [1.54, 1.807) is 0 Å². The summed E-state index contributed by atoms with van der Waals surface area (Å²) in [5.41, 5.74) is 3.86. The van der Waals surface area contributed by atoms with Gasteiger partial charge < -0.3 is 9.88 Å². The van der Waals surface area contributed by atoms with E-state index in [0.29, 0.717) is 0 Å². The Morgan fingerprint density at radius 2 is 1.95 bits per heavy atom. The zero-order chi connectivity index (χ0) is 13.4. The monoisotopic (exact) mass is 257 g/mol. The summed E-state index contributed by atoms with van der Waals surface area (Å²) in [4.78, 5) is 4.65. The molecule has 0 unspecified atom stereocenters. The molecule has 0 amide bonds. The molecule has 2 aromatic rings. The van der Waals surface area contributed by atoms with Gasteiger partial charge in [0, 0.05) is 13.1 Å². The van der Waals surface area contributed by atoms with Crippen LogP contribution >= 0.6 is 0 Å². The Bertz CT molecular complexity index is 577. The lowest BCUT2D eigenvalue weighted by Gasteiger charge is -2.28. The lowest BCUT2D eigenvalue weighted by molar-refractivity contribution is 0.359. The Kier molecular flexibility index (Phi) is 3.31. The molecule has 19 heavy (non-hydrogen) atoms. The maximum atomic E-state index is 4.65. The minimum absolute atomic E-state index is 0.719. The predicted octanol–water partition coefficient (Wildman–Crippen LogP) is 3.13. The Balaban J connectivity index is 1.86. The molecule has 3 rings (SSSR count). The third-order valence-corrected chi connectivity index (χ3v) is 4.74. The number of hydrogen-bond acceptors (Lipinski definition) is 2. The lowest BCUT2D eigenvalue weighted by atomic mass is 9.82. The molecule has 1 heterocycles. The summed E-state index contributed by atoms with van der Waals surface area (Å²) in [6.07, 6.45) is 5.17. The summed E-state index contributed by atoms with van der Waals surface area (Å²) < 4.78 is 2.16. The van der Waals surface area contributed by atoms with Crippen LogP contribution in [-0.2, 0) is 7.05 Å². The zero-order valence-electron chi connectivity index (χ0n) is 12.1. The second-order valence-corrected chi connectivity index (χ2v) is 5.80. The summed E-state index contributed by atoms with van der Waals surface area (Å²) in [7, 11) is 4.16. The molecule has 1 aliphatic carbocycles. The first-order chi connectivity index (χ1) is 9.19. The molecule has 0 saturated heterocycles. The molecule has 0 atom stereocenters. The molecule has 3 nitrogen and oxygen atoms in total. The number of rotatable bonds is 2. The van der Waals surface area contributed by atoms with E-state index in [-0.39, 0.29) is 0 Å². The summed E-state index contributed by atoms with van der Waals surface area (Å²) in [6, 6.07) is 7.55. The van der Waals surface area contributed by atoms with Crippen molar-refractivity contribution in [1.29, 1.82) is 0 Å². The molecule has 1 aromatic carbocycles. The van der Waals surface area contributed by atoms with Crippen LogP contribution < -0.4 is 5.32 Å². The van der Waals surface area contributed by atoms with Gasteiger partial charge in [0.1, 0.15) is 5.82 Å². The average molecular weight is 257 g/mol. The van der Waals surface area contributed by atoms with Crippen LogP contribution in [0.1, 0.15) is 43.0 Å². The molecule has 1 aromatic heterocycles. The lowest BCUT2D eigenvalue weighted by Crippen LogP contribution is -2.29. The number of fused-ring (bicyclic) bond motifs is 1. The van der Waals surface area contributed by atoms with Crippen LogP contribution in [0, 0.1) is 6.92 Å². The van der Waals surface area contributed by atoms with Crippen molar-refractivity contribution in [3.63, 3.8) is 0 Å². The van der Waals surface area contributed by atoms with Gasteiger partial charge in [-0.2, -0.15) is 0 Å². The highest BCUT2D eigenvalue weighted by atomic mass is 15.0. The van der Waals surface area contributed by atoms with Gasteiger partial charge >= 0.3 is 0 Å². The van der Waals surface area contributed by atoms with Gasteiger partial charge in [-0.05, 0) is 63.3 Å². The van der Waals surface area contributed by atoms with E-state index in [4.69, 9.17) is 0 Å². The van der Waals surface area contributed by atoms with E-state index in [1.165, 1.54) is 36.8 Å². The first-order valence-electron chi connectivity index (χ1n) is 7.29. The fourth-order valence-electron chi connectivity index (χ4n) is 3.31. The quantitative estimate of drug-likeness (QED) is 0.895. The molecule has 1 aliphatic rings. The summed E-state index contributed by atoms with van der Waals surface area (Å²) in [6.45, 7) is 2.07. The topological polar surface area (TPSA) is 29.9 Å². The van der Waals surface area contributed by atoms with Crippen LogP contribution in [0.25, 0.3) is 11.0 Å². The van der Waals surface area contributed by atoms with Crippen molar-refractivity contribution in [3.05, 3.63) is 29.6 Å². The second-order valence-electron chi connectivity index (χ2n) is 5.80. The molecule has 0 radical (unpaired) electrons. The number of aromatic nitrogens is 2. The van der Waals surface area contributed by atoms with E-state index in [1.807, 2.05) is 0 Å². The Morgan fingerprint density at radius 3 is 2.63 bits per heavy atom. The van der Waals surface area contributed by atoms with Crippen molar-refractivity contribution >= 4 is 11.0 Å². The zero-order valence-corrected chi connectivity index (χ0v) is 12.1. The molecule has 1 saturated carbocycles. The Hall–Kier alpha value is -1.35. The molecule has 0 spiro atoms. The molecule has 1 fully saturated rings. The third-order valence-electron chi connectivity index (χ3n) is 4.74. The first-order valence-corrected chi connectivity index (χ1v) is 7.29. The number of hydrogen-bond donors (Lipinski definition) is 1. The van der Waals surface area contributed by atoms with Gasteiger partial charge in [-0.3, -0.25) is 0 Å². The van der Waals surface area contributed by atoms with Gasteiger partial charge in [-0.15, -0.1) is 0 Å². The maximum Gasteiger partial charge on any atom is 0.106 e. The highest BCUT2D eigenvalue weighted by Gasteiger charge is 2.21.